The van der Waals surface area contributed by atoms with Crippen molar-refractivity contribution in [3.05, 3.63) is 0 Å². The third kappa shape index (κ3) is 4.40. The lowest BCUT2D eigenvalue weighted by atomic mass is 9.95. The second-order valence-corrected chi connectivity index (χ2v) is 4.16. The SMILES string of the molecule is COCCC(C)OC1CCC(O)CC1. The minimum Gasteiger partial charge on any atom is -0.393 e. The number of hydrogen-bond acceptors (Lipinski definition) is 3. The minimum absolute atomic E-state index is 0.0934. The summed E-state index contributed by atoms with van der Waals surface area (Å²) in [5, 5.41) is 9.33. The molecule has 0 aromatic rings. The fourth-order valence-electron chi connectivity index (χ4n) is 1.86. The van der Waals surface area contributed by atoms with Crippen molar-refractivity contribution in [1.82, 2.24) is 0 Å². The van der Waals surface area contributed by atoms with Crippen molar-refractivity contribution in [1.29, 1.82) is 0 Å². The van der Waals surface area contributed by atoms with Crippen LogP contribution in [0.25, 0.3) is 0 Å². The van der Waals surface area contributed by atoms with Gasteiger partial charge < -0.3 is 14.6 Å². The summed E-state index contributed by atoms with van der Waals surface area (Å²) in [5.74, 6) is 0. The van der Waals surface area contributed by atoms with Crippen molar-refractivity contribution in [2.24, 2.45) is 0 Å². The quantitative estimate of drug-likeness (QED) is 0.738. The molecular formula is C11H22O3. The van der Waals surface area contributed by atoms with Gasteiger partial charge in [-0.1, -0.05) is 0 Å². The highest BCUT2D eigenvalue weighted by atomic mass is 16.5. The number of ether oxygens (including phenoxy) is 2. The van der Waals surface area contributed by atoms with E-state index in [9.17, 15) is 5.11 Å². The molecule has 0 saturated heterocycles. The Morgan fingerprint density at radius 2 is 1.93 bits per heavy atom. The number of hydrogen-bond donors (Lipinski definition) is 1. The highest BCUT2D eigenvalue weighted by molar-refractivity contribution is 4.72. The fraction of sp³-hybridized carbons (Fsp3) is 1.00. The second kappa shape index (κ2) is 6.38. The standard InChI is InChI=1S/C11H22O3/c1-9(7-8-13-2)14-11-5-3-10(12)4-6-11/h9-12H,3-8H2,1-2H3. The Bertz CT molecular complexity index is 141. The van der Waals surface area contributed by atoms with Crippen molar-refractivity contribution in [3.8, 4) is 0 Å². The van der Waals surface area contributed by atoms with Gasteiger partial charge in [-0.05, 0) is 39.0 Å². The molecule has 3 nitrogen and oxygen atoms in total. The van der Waals surface area contributed by atoms with Crippen LogP contribution in [-0.4, -0.2) is 37.1 Å². The summed E-state index contributed by atoms with van der Waals surface area (Å²) in [4.78, 5) is 0. The molecule has 1 rings (SSSR count). The Hall–Kier alpha value is -0.120. The molecule has 84 valence electrons. The molecule has 3 heteroatoms. The van der Waals surface area contributed by atoms with Crippen LogP contribution in [0, 0.1) is 0 Å². The van der Waals surface area contributed by atoms with Crippen LogP contribution in [-0.2, 0) is 9.47 Å². The molecular weight excluding hydrogens is 180 g/mol. The predicted octanol–water partition coefficient (Wildman–Crippen LogP) is 1.73. The third-order valence-corrected chi connectivity index (χ3v) is 2.80. The topological polar surface area (TPSA) is 38.7 Å². The van der Waals surface area contributed by atoms with Crippen molar-refractivity contribution in [2.75, 3.05) is 13.7 Å². The third-order valence-electron chi connectivity index (χ3n) is 2.80. The van der Waals surface area contributed by atoms with Crippen LogP contribution in [0.15, 0.2) is 0 Å². The Morgan fingerprint density at radius 3 is 2.50 bits per heavy atom. The molecule has 0 radical (unpaired) electrons. The Labute approximate surface area is 86.4 Å². The van der Waals surface area contributed by atoms with E-state index in [1.54, 1.807) is 7.11 Å². The summed E-state index contributed by atoms with van der Waals surface area (Å²) in [7, 11) is 1.71. The second-order valence-electron chi connectivity index (χ2n) is 4.16. The smallest absolute Gasteiger partial charge is 0.0580 e. The van der Waals surface area contributed by atoms with Crippen LogP contribution in [0.4, 0.5) is 0 Å². The number of aliphatic hydroxyl groups is 1. The lowest BCUT2D eigenvalue weighted by molar-refractivity contribution is -0.0493. The monoisotopic (exact) mass is 202 g/mol. The van der Waals surface area contributed by atoms with Gasteiger partial charge in [0.2, 0.25) is 0 Å². The van der Waals surface area contributed by atoms with E-state index in [0.29, 0.717) is 6.10 Å². The fourth-order valence-corrected chi connectivity index (χ4v) is 1.86. The average Bonchev–Trinajstić information content (AvgIpc) is 2.18. The van der Waals surface area contributed by atoms with Crippen molar-refractivity contribution >= 4 is 0 Å². The summed E-state index contributed by atoms with van der Waals surface area (Å²) < 4.78 is 10.8. The van der Waals surface area contributed by atoms with Crippen molar-refractivity contribution in [2.45, 2.75) is 57.3 Å². The maximum Gasteiger partial charge on any atom is 0.0580 e. The van der Waals surface area contributed by atoms with E-state index in [4.69, 9.17) is 9.47 Å². The van der Waals surface area contributed by atoms with Gasteiger partial charge in [-0.2, -0.15) is 0 Å². The largest absolute Gasteiger partial charge is 0.393 e. The van der Waals surface area contributed by atoms with E-state index < -0.39 is 0 Å². The zero-order valence-electron chi connectivity index (χ0n) is 9.24. The first-order valence-corrected chi connectivity index (χ1v) is 5.55. The molecule has 1 fully saturated rings. The van der Waals surface area contributed by atoms with Gasteiger partial charge in [0.15, 0.2) is 0 Å². The van der Waals surface area contributed by atoms with E-state index in [0.717, 1.165) is 38.7 Å². The lowest BCUT2D eigenvalue weighted by Crippen LogP contribution is -2.27. The van der Waals surface area contributed by atoms with Crippen LogP contribution < -0.4 is 0 Å². The number of methoxy groups -OCH3 is 1. The van der Waals surface area contributed by atoms with E-state index in [1.807, 2.05) is 0 Å². The first-order chi connectivity index (χ1) is 6.72. The van der Waals surface area contributed by atoms with E-state index in [-0.39, 0.29) is 12.2 Å². The number of aliphatic hydroxyl groups excluding tert-OH is 1. The molecule has 0 aromatic heterocycles. The van der Waals surface area contributed by atoms with E-state index in [2.05, 4.69) is 6.92 Å². The van der Waals surface area contributed by atoms with Crippen LogP contribution in [0.1, 0.15) is 39.0 Å². The van der Waals surface area contributed by atoms with Crippen LogP contribution in [0.3, 0.4) is 0 Å². The molecule has 0 spiro atoms. The summed E-state index contributed by atoms with van der Waals surface area (Å²) in [6.07, 6.45) is 5.26. The molecule has 0 aliphatic heterocycles. The Morgan fingerprint density at radius 1 is 1.29 bits per heavy atom. The summed E-state index contributed by atoms with van der Waals surface area (Å²) in [6, 6.07) is 0. The maximum absolute atomic E-state index is 9.33. The van der Waals surface area contributed by atoms with Gasteiger partial charge >= 0.3 is 0 Å². The van der Waals surface area contributed by atoms with Gasteiger partial charge in [0, 0.05) is 13.7 Å². The molecule has 14 heavy (non-hydrogen) atoms. The van der Waals surface area contributed by atoms with Gasteiger partial charge in [0.25, 0.3) is 0 Å². The van der Waals surface area contributed by atoms with E-state index in [1.165, 1.54) is 0 Å². The molecule has 1 atom stereocenters. The molecule has 1 unspecified atom stereocenters. The highest BCUT2D eigenvalue weighted by Gasteiger charge is 2.21. The van der Waals surface area contributed by atoms with Gasteiger partial charge in [-0.15, -0.1) is 0 Å². The molecule has 1 aliphatic carbocycles. The predicted molar refractivity (Wildman–Crippen MR) is 55.3 cm³/mol. The molecule has 0 heterocycles. The Balaban J connectivity index is 2.10. The zero-order valence-corrected chi connectivity index (χ0v) is 9.24. The maximum atomic E-state index is 9.33. The molecule has 1 saturated carbocycles. The highest BCUT2D eigenvalue weighted by Crippen LogP contribution is 2.22. The van der Waals surface area contributed by atoms with Crippen molar-refractivity contribution < 1.29 is 14.6 Å². The number of rotatable bonds is 5. The first kappa shape index (κ1) is 12.0. The summed E-state index contributed by atoms with van der Waals surface area (Å²) in [5.41, 5.74) is 0. The van der Waals surface area contributed by atoms with Gasteiger partial charge in [-0.25, -0.2) is 0 Å². The van der Waals surface area contributed by atoms with Crippen molar-refractivity contribution in [3.63, 3.8) is 0 Å². The van der Waals surface area contributed by atoms with Crippen LogP contribution >= 0.6 is 0 Å². The van der Waals surface area contributed by atoms with Crippen LogP contribution in [0.2, 0.25) is 0 Å². The van der Waals surface area contributed by atoms with Crippen LogP contribution in [0.5, 0.6) is 0 Å². The molecule has 0 aromatic carbocycles. The summed E-state index contributed by atoms with van der Waals surface area (Å²) in [6.45, 7) is 2.85. The normalized spacial score (nSPS) is 30.2. The molecule has 1 aliphatic rings. The average molecular weight is 202 g/mol. The summed E-state index contributed by atoms with van der Waals surface area (Å²) >= 11 is 0. The first-order valence-electron chi connectivity index (χ1n) is 5.55. The van der Waals surface area contributed by atoms with E-state index >= 15 is 0 Å². The molecule has 0 bridgehead atoms. The molecule has 1 N–H and O–H groups in total. The van der Waals surface area contributed by atoms with Gasteiger partial charge in [-0.3, -0.25) is 0 Å². The minimum atomic E-state index is -0.0934. The Kier molecular flexibility index (Phi) is 5.45. The van der Waals surface area contributed by atoms with Gasteiger partial charge in [0.05, 0.1) is 18.3 Å². The lowest BCUT2D eigenvalue weighted by Gasteiger charge is -2.28. The zero-order chi connectivity index (χ0) is 10.4. The van der Waals surface area contributed by atoms with Gasteiger partial charge in [0.1, 0.15) is 0 Å². The molecule has 0 amide bonds.